The van der Waals surface area contributed by atoms with Gasteiger partial charge in [-0.3, -0.25) is 4.79 Å². The first kappa shape index (κ1) is 13.6. The van der Waals surface area contributed by atoms with E-state index in [-0.39, 0.29) is 24.1 Å². The van der Waals surface area contributed by atoms with Crippen molar-refractivity contribution in [3.05, 3.63) is 35.9 Å². The smallest absolute Gasteiger partial charge is 0.338 e. The van der Waals surface area contributed by atoms with Crippen molar-refractivity contribution in [2.75, 3.05) is 0 Å². The van der Waals surface area contributed by atoms with Crippen molar-refractivity contribution in [2.24, 2.45) is 0 Å². The van der Waals surface area contributed by atoms with Gasteiger partial charge in [-0.15, -0.1) is 0 Å². The molecule has 1 saturated carbocycles. The third kappa shape index (κ3) is 3.81. The Balaban J connectivity index is 1.99. The van der Waals surface area contributed by atoms with Gasteiger partial charge >= 0.3 is 11.9 Å². The summed E-state index contributed by atoms with van der Waals surface area (Å²) in [5.74, 6) is -0.683. The average molecular weight is 262 g/mol. The second-order valence-corrected chi connectivity index (χ2v) is 4.74. The molecule has 4 heteroatoms. The highest BCUT2D eigenvalue weighted by Crippen LogP contribution is 2.25. The first-order chi connectivity index (χ1) is 9.16. The van der Waals surface area contributed by atoms with Crippen LogP contribution in [-0.4, -0.2) is 24.1 Å². The van der Waals surface area contributed by atoms with Gasteiger partial charge in [0.1, 0.15) is 12.2 Å². The lowest BCUT2D eigenvalue weighted by Crippen LogP contribution is -2.37. The van der Waals surface area contributed by atoms with Crippen molar-refractivity contribution >= 4 is 11.9 Å². The Bertz CT molecular complexity index is 441. The highest BCUT2D eigenvalue weighted by molar-refractivity contribution is 5.89. The van der Waals surface area contributed by atoms with E-state index in [0.29, 0.717) is 5.56 Å². The Morgan fingerprint density at radius 1 is 1.00 bits per heavy atom. The summed E-state index contributed by atoms with van der Waals surface area (Å²) in [6.07, 6.45) is 2.86. The summed E-state index contributed by atoms with van der Waals surface area (Å²) in [5.41, 5.74) is 0.523. The summed E-state index contributed by atoms with van der Waals surface area (Å²) in [7, 11) is 0. The molecule has 0 aromatic heterocycles. The van der Waals surface area contributed by atoms with E-state index in [9.17, 15) is 9.59 Å². The molecule has 4 nitrogen and oxygen atoms in total. The Morgan fingerprint density at radius 3 is 2.16 bits per heavy atom. The number of carbonyl (C=O) groups excluding carboxylic acids is 2. The molecule has 0 N–H and O–H groups in total. The van der Waals surface area contributed by atoms with Crippen LogP contribution in [0.4, 0.5) is 0 Å². The molecular formula is C15H18O4. The number of rotatable bonds is 3. The van der Waals surface area contributed by atoms with Crippen LogP contribution >= 0.6 is 0 Å². The van der Waals surface area contributed by atoms with Crippen molar-refractivity contribution in [3.63, 3.8) is 0 Å². The summed E-state index contributed by atoms with van der Waals surface area (Å²) in [5, 5.41) is 0. The van der Waals surface area contributed by atoms with Crippen LogP contribution in [0.5, 0.6) is 0 Å². The predicted octanol–water partition coefficient (Wildman–Crippen LogP) is 2.72. The molecular weight excluding hydrogens is 244 g/mol. The lowest BCUT2D eigenvalue weighted by molar-refractivity contribution is -0.155. The largest absolute Gasteiger partial charge is 0.459 e. The minimum absolute atomic E-state index is 0.307. The molecule has 0 amide bonds. The van der Waals surface area contributed by atoms with Gasteiger partial charge < -0.3 is 9.47 Å². The van der Waals surface area contributed by atoms with Crippen LogP contribution < -0.4 is 0 Å². The molecule has 2 unspecified atom stereocenters. The van der Waals surface area contributed by atoms with E-state index in [1.807, 2.05) is 6.07 Å². The fourth-order valence-corrected chi connectivity index (χ4v) is 2.33. The van der Waals surface area contributed by atoms with E-state index < -0.39 is 0 Å². The van der Waals surface area contributed by atoms with Crippen molar-refractivity contribution in [1.29, 1.82) is 0 Å². The Labute approximate surface area is 112 Å². The fraction of sp³-hybridized carbons (Fsp3) is 0.467. The van der Waals surface area contributed by atoms with Crippen molar-refractivity contribution in [1.82, 2.24) is 0 Å². The molecule has 1 aliphatic rings. The topological polar surface area (TPSA) is 52.6 Å². The minimum Gasteiger partial charge on any atom is -0.459 e. The Hall–Kier alpha value is -1.84. The summed E-state index contributed by atoms with van der Waals surface area (Å²) in [6.45, 7) is 1.38. The molecule has 19 heavy (non-hydrogen) atoms. The lowest BCUT2D eigenvalue weighted by Gasteiger charge is -2.30. The molecule has 1 fully saturated rings. The number of esters is 2. The van der Waals surface area contributed by atoms with Crippen LogP contribution in [0.3, 0.4) is 0 Å². The van der Waals surface area contributed by atoms with E-state index in [1.54, 1.807) is 24.3 Å². The molecule has 1 aromatic rings. The quantitative estimate of drug-likeness (QED) is 0.786. The zero-order valence-corrected chi connectivity index (χ0v) is 11.0. The first-order valence-corrected chi connectivity index (χ1v) is 6.60. The van der Waals surface area contributed by atoms with Crippen LogP contribution in [0.25, 0.3) is 0 Å². The van der Waals surface area contributed by atoms with Crippen molar-refractivity contribution in [3.8, 4) is 0 Å². The molecule has 0 bridgehead atoms. The van der Waals surface area contributed by atoms with Crippen LogP contribution in [-0.2, 0) is 14.3 Å². The van der Waals surface area contributed by atoms with Gasteiger partial charge in [0.25, 0.3) is 0 Å². The normalized spacial score (nSPS) is 22.6. The molecule has 102 valence electrons. The summed E-state index contributed by atoms with van der Waals surface area (Å²) in [4.78, 5) is 23.0. The number of ether oxygens (including phenoxy) is 2. The van der Waals surface area contributed by atoms with Gasteiger partial charge in [-0.2, -0.15) is 0 Å². The number of carbonyl (C=O) groups is 2. The Kier molecular flexibility index (Phi) is 4.55. The molecule has 0 radical (unpaired) electrons. The number of benzene rings is 1. The lowest BCUT2D eigenvalue weighted by atomic mass is 9.94. The molecule has 2 rings (SSSR count). The van der Waals surface area contributed by atoms with Gasteiger partial charge in [0, 0.05) is 6.92 Å². The number of hydrogen-bond acceptors (Lipinski definition) is 4. The van der Waals surface area contributed by atoms with Crippen LogP contribution in [0.15, 0.2) is 30.3 Å². The predicted molar refractivity (Wildman–Crippen MR) is 69.7 cm³/mol. The third-order valence-electron chi connectivity index (χ3n) is 3.23. The monoisotopic (exact) mass is 262 g/mol. The molecule has 0 saturated heterocycles. The van der Waals surface area contributed by atoms with E-state index in [1.165, 1.54) is 6.92 Å². The van der Waals surface area contributed by atoms with Crippen LogP contribution in [0.1, 0.15) is 43.0 Å². The zero-order chi connectivity index (χ0) is 13.7. The van der Waals surface area contributed by atoms with Gasteiger partial charge in [-0.05, 0) is 37.8 Å². The molecule has 0 aliphatic heterocycles. The molecule has 0 heterocycles. The standard InChI is InChI=1S/C15H18O4/c1-11(16)18-13-9-5-6-10-14(13)19-15(17)12-7-3-2-4-8-12/h2-4,7-8,13-14H,5-6,9-10H2,1H3. The molecule has 1 aromatic carbocycles. The molecule has 0 spiro atoms. The second-order valence-electron chi connectivity index (χ2n) is 4.74. The van der Waals surface area contributed by atoms with E-state index >= 15 is 0 Å². The zero-order valence-electron chi connectivity index (χ0n) is 11.0. The Morgan fingerprint density at radius 2 is 1.58 bits per heavy atom. The van der Waals surface area contributed by atoms with Crippen molar-refractivity contribution < 1.29 is 19.1 Å². The molecule has 1 aliphatic carbocycles. The van der Waals surface area contributed by atoms with Gasteiger partial charge in [0.2, 0.25) is 0 Å². The highest BCUT2D eigenvalue weighted by Gasteiger charge is 2.30. The SMILES string of the molecule is CC(=O)OC1CCCCC1OC(=O)c1ccccc1. The van der Waals surface area contributed by atoms with Gasteiger partial charge in [0.15, 0.2) is 0 Å². The van der Waals surface area contributed by atoms with E-state index in [0.717, 1.165) is 25.7 Å². The minimum atomic E-state index is -0.357. The van der Waals surface area contributed by atoms with E-state index in [4.69, 9.17) is 9.47 Å². The maximum absolute atomic E-state index is 12.0. The third-order valence-corrected chi connectivity index (χ3v) is 3.23. The maximum Gasteiger partial charge on any atom is 0.338 e. The van der Waals surface area contributed by atoms with Gasteiger partial charge in [-0.1, -0.05) is 18.2 Å². The summed E-state index contributed by atoms with van der Waals surface area (Å²) >= 11 is 0. The highest BCUT2D eigenvalue weighted by atomic mass is 16.6. The first-order valence-electron chi connectivity index (χ1n) is 6.60. The number of hydrogen-bond donors (Lipinski definition) is 0. The van der Waals surface area contributed by atoms with Crippen LogP contribution in [0, 0.1) is 0 Å². The van der Waals surface area contributed by atoms with E-state index in [2.05, 4.69) is 0 Å². The molecule has 2 atom stereocenters. The fourth-order valence-electron chi connectivity index (χ4n) is 2.33. The van der Waals surface area contributed by atoms with Crippen molar-refractivity contribution in [2.45, 2.75) is 44.8 Å². The van der Waals surface area contributed by atoms with Gasteiger partial charge in [-0.25, -0.2) is 4.79 Å². The van der Waals surface area contributed by atoms with Crippen LogP contribution in [0.2, 0.25) is 0 Å². The maximum atomic E-state index is 12.0. The second kappa shape index (κ2) is 6.36. The van der Waals surface area contributed by atoms with Gasteiger partial charge in [0.05, 0.1) is 5.56 Å². The average Bonchev–Trinajstić information content (AvgIpc) is 2.41. The summed E-state index contributed by atoms with van der Waals surface area (Å²) in [6, 6.07) is 8.86. The summed E-state index contributed by atoms with van der Waals surface area (Å²) < 4.78 is 10.7.